The van der Waals surface area contributed by atoms with Crippen molar-refractivity contribution < 1.29 is 5.11 Å². The number of halogens is 1. The monoisotopic (exact) mass is 323 g/mol. The maximum Gasteiger partial charge on any atom is 0.0580 e. The Balaban J connectivity index is 1.41. The van der Waals surface area contributed by atoms with Gasteiger partial charge in [-0.3, -0.25) is 0 Å². The Morgan fingerprint density at radius 3 is 2.53 bits per heavy atom. The van der Waals surface area contributed by atoms with Crippen LogP contribution in [-0.2, 0) is 0 Å². The molecule has 1 aromatic carbocycles. The molecule has 2 atom stereocenters. The van der Waals surface area contributed by atoms with Gasteiger partial charge in [0.1, 0.15) is 0 Å². The van der Waals surface area contributed by atoms with Crippen molar-refractivity contribution in [3.63, 3.8) is 0 Å². The van der Waals surface area contributed by atoms with Gasteiger partial charge in [-0.25, -0.2) is 0 Å². The second kappa shape index (κ2) is 5.94. The summed E-state index contributed by atoms with van der Waals surface area (Å²) in [6, 6.07) is 9.37. The third-order valence-corrected chi connectivity index (χ3v) is 5.30. The van der Waals surface area contributed by atoms with Gasteiger partial charge < -0.3 is 10.4 Å². The molecular formula is C16H22BrNO. The predicted octanol–water partition coefficient (Wildman–Crippen LogP) is 3.45. The van der Waals surface area contributed by atoms with Crippen LogP contribution in [0.3, 0.4) is 0 Å². The zero-order valence-electron chi connectivity index (χ0n) is 11.2. The van der Waals surface area contributed by atoms with E-state index in [9.17, 15) is 5.11 Å². The van der Waals surface area contributed by atoms with Crippen LogP contribution in [0.2, 0.25) is 0 Å². The number of rotatable bonds is 4. The Kier molecular flexibility index (Phi) is 4.25. The van der Waals surface area contributed by atoms with E-state index in [4.69, 9.17) is 0 Å². The minimum absolute atomic E-state index is 0.0603. The Labute approximate surface area is 123 Å². The number of nitrogens with one attached hydrogen (secondary N) is 1. The molecule has 2 nitrogen and oxygen atoms in total. The minimum Gasteiger partial charge on any atom is -0.393 e. The standard InChI is InChI=1S/C16H22BrNO/c17-14-6-4-11(5-7-14)13-8-15(9-13)18-10-12-2-1-3-16(12)19/h4-7,12-13,15-16,18-19H,1-3,8-10H2. The van der Waals surface area contributed by atoms with Gasteiger partial charge in [0.25, 0.3) is 0 Å². The van der Waals surface area contributed by atoms with Gasteiger partial charge in [0.2, 0.25) is 0 Å². The first-order chi connectivity index (χ1) is 9.22. The molecule has 2 N–H and O–H groups in total. The van der Waals surface area contributed by atoms with Gasteiger partial charge in [-0.2, -0.15) is 0 Å². The molecule has 0 amide bonds. The zero-order chi connectivity index (χ0) is 13.2. The predicted molar refractivity (Wildman–Crippen MR) is 81.3 cm³/mol. The van der Waals surface area contributed by atoms with E-state index in [1.165, 1.54) is 31.2 Å². The highest BCUT2D eigenvalue weighted by molar-refractivity contribution is 9.10. The smallest absolute Gasteiger partial charge is 0.0580 e. The Morgan fingerprint density at radius 1 is 1.16 bits per heavy atom. The largest absolute Gasteiger partial charge is 0.393 e. The summed E-state index contributed by atoms with van der Waals surface area (Å²) in [6.07, 6.45) is 5.80. The van der Waals surface area contributed by atoms with Crippen LogP contribution in [0.25, 0.3) is 0 Å². The van der Waals surface area contributed by atoms with E-state index in [2.05, 4.69) is 45.5 Å². The summed E-state index contributed by atoms with van der Waals surface area (Å²) in [4.78, 5) is 0. The molecule has 0 spiro atoms. The molecule has 2 aliphatic rings. The molecule has 2 aliphatic carbocycles. The first-order valence-electron chi connectivity index (χ1n) is 7.39. The third kappa shape index (κ3) is 3.21. The van der Waals surface area contributed by atoms with E-state index >= 15 is 0 Å². The van der Waals surface area contributed by atoms with Crippen LogP contribution in [0.5, 0.6) is 0 Å². The van der Waals surface area contributed by atoms with Crippen molar-refractivity contribution in [2.24, 2.45) is 5.92 Å². The van der Waals surface area contributed by atoms with Crippen LogP contribution < -0.4 is 5.32 Å². The van der Waals surface area contributed by atoms with Crippen LogP contribution in [0.4, 0.5) is 0 Å². The molecule has 0 bridgehead atoms. The average molecular weight is 324 g/mol. The normalized spacial score (nSPS) is 34.2. The third-order valence-electron chi connectivity index (χ3n) is 4.77. The lowest BCUT2D eigenvalue weighted by Crippen LogP contribution is -2.43. The van der Waals surface area contributed by atoms with Crippen molar-refractivity contribution >= 4 is 15.9 Å². The van der Waals surface area contributed by atoms with Crippen LogP contribution >= 0.6 is 15.9 Å². The molecule has 104 valence electrons. The topological polar surface area (TPSA) is 32.3 Å². The number of benzene rings is 1. The van der Waals surface area contributed by atoms with Crippen molar-refractivity contribution in [1.82, 2.24) is 5.32 Å². The SMILES string of the molecule is OC1CCCC1CNC1CC(c2ccc(Br)cc2)C1. The van der Waals surface area contributed by atoms with Crippen molar-refractivity contribution in [1.29, 1.82) is 0 Å². The fourth-order valence-electron chi connectivity index (χ4n) is 3.37. The van der Waals surface area contributed by atoms with Gasteiger partial charge in [-0.05, 0) is 55.2 Å². The van der Waals surface area contributed by atoms with Crippen LogP contribution in [0.1, 0.15) is 43.6 Å². The van der Waals surface area contributed by atoms with E-state index in [1.54, 1.807) is 0 Å². The molecule has 1 aromatic rings. The van der Waals surface area contributed by atoms with Gasteiger partial charge in [-0.15, -0.1) is 0 Å². The summed E-state index contributed by atoms with van der Waals surface area (Å²) in [7, 11) is 0. The summed E-state index contributed by atoms with van der Waals surface area (Å²) in [5.74, 6) is 1.21. The van der Waals surface area contributed by atoms with Gasteiger partial charge in [0, 0.05) is 17.1 Å². The van der Waals surface area contributed by atoms with E-state index in [0.717, 1.165) is 23.4 Å². The quantitative estimate of drug-likeness (QED) is 0.889. The molecule has 2 saturated carbocycles. The summed E-state index contributed by atoms with van der Waals surface area (Å²) >= 11 is 3.48. The second-order valence-corrected chi connectivity index (χ2v) is 7.00. The Bertz CT molecular complexity index is 413. The maximum absolute atomic E-state index is 9.80. The molecule has 0 heterocycles. The lowest BCUT2D eigenvalue weighted by molar-refractivity contribution is 0.125. The lowest BCUT2D eigenvalue weighted by Gasteiger charge is -2.37. The molecule has 0 radical (unpaired) electrons. The van der Waals surface area contributed by atoms with Crippen LogP contribution in [-0.4, -0.2) is 23.8 Å². The van der Waals surface area contributed by atoms with Gasteiger partial charge in [-0.1, -0.05) is 34.5 Å². The van der Waals surface area contributed by atoms with E-state index in [1.807, 2.05) is 0 Å². The molecule has 3 heteroatoms. The van der Waals surface area contributed by atoms with Gasteiger partial charge in [0.15, 0.2) is 0 Å². The molecule has 0 saturated heterocycles. The number of hydrogen-bond acceptors (Lipinski definition) is 2. The van der Waals surface area contributed by atoms with E-state index in [0.29, 0.717) is 12.0 Å². The molecule has 0 aliphatic heterocycles. The minimum atomic E-state index is -0.0603. The first kappa shape index (κ1) is 13.6. The van der Waals surface area contributed by atoms with E-state index in [-0.39, 0.29) is 6.10 Å². The highest BCUT2D eigenvalue weighted by atomic mass is 79.9. The Hall–Kier alpha value is -0.380. The van der Waals surface area contributed by atoms with Crippen LogP contribution in [0.15, 0.2) is 28.7 Å². The highest BCUT2D eigenvalue weighted by Crippen LogP contribution is 2.37. The first-order valence-corrected chi connectivity index (χ1v) is 8.18. The number of aliphatic hydroxyl groups is 1. The maximum atomic E-state index is 9.80. The molecule has 3 rings (SSSR count). The van der Waals surface area contributed by atoms with Crippen molar-refractivity contribution in [2.75, 3.05) is 6.54 Å². The summed E-state index contributed by atoms with van der Waals surface area (Å²) in [6.45, 7) is 0.999. The van der Waals surface area contributed by atoms with Crippen molar-refractivity contribution in [3.8, 4) is 0 Å². The molecule has 2 fully saturated rings. The summed E-state index contributed by atoms with van der Waals surface area (Å²) < 4.78 is 1.15. The average Bonchev–Trinajstić information content (AvgIpc) is 2.75. The molecule has 2 unspecified atom stereocenters. The highest BCUT2D eigenvalue weighted by Gasteiger charge is 2.32. The van der Waals surface area contributed by atoms with Gasteiger partial charge in [0.05, 0.1) is 6.10 Å². The zero-order valence-corrected chi connectivity index (χ0v) is 12.8. The fourth-order valence-corrected chi connectivity index (χ4v) is 3.63. The fraction of sp³-hybridized carbons (Fsp3) is 0.625. The summed E-state index contributed by atoms with van der Waals surface area (Å²) in [5, 5.41) is 13.4. The lowest BCUT2D eigenvalue weighted by atomic mass is 9.76. The van der Waals surface area contributed by atoms with E-state index < -0.39 is 0 Å². The molecule has 0 aromatic heterocycles. The number of aliphatic hydroxyl groups excluding tert-OH is 1. The van der Waals surface area contributed by atoms with Gasteiger partial charge >= 0.3 is 0 Å². The molecular weight excluding hydrogens is 302 g/mol. The van der Waals surface area contributed by atoms with Crippen molar-refractivity contribution in [2.45, 2.75) is 50.2 Å². The van der Waals surface area contributed by atoms with Crippen molar-refractivity contribution in [3.05, 3.63) is 34.3 Å². The Morgan fingerprint density at radius 2 is 1.89 bits per heavy atom. The summed E-state index contributed by atoms with van der Waals surface area (Å²) in [5.41, 5.74) is 1.46. The second-order valence-electron chi connectivity index (χ2n) is 6.08. The van der Waals surface area contributed by atoms with Crippen LogP contribution in [0, 0.1) is 5.92 Å². The number of hydrogen-bond donors (Lipinski definition) is 2. The molecule has 19 heavy (non-hydrogen) atoms.